The molecule has 0 aromatic rings. The SMILES string of the molecule is CCCCCCCCCCCCCCCCCCCC(C(N)=O)[Si](OC)(OC)OC. The van der Waals surface area contributed by atoms with E-state index < -0.39 is 14.3 Å². The summed E-state index contributed by atoms with van der Waals surface area (Å²) in [6.07, 6.45) is 23.4. The highest BCUT2D eigenvalue weighted by Crippen LogP contribution is 2.29. The standard InChI is InChI=1S/C24H51NO4Si/c1-5-6-7-8-9-10-11-12-13-14-15-16-17-18-19-20-21-22-23(24(25)26)30(27-2,28-3)29-4/h23H,5-22H2,1-4H3,(H2,25,26). The first kappa shape index (κ1) is 29.6. The number of carbonyl (C=O) groups excluding carboxylic acids is 1. The van der Waals surface area contributed by atoms with Crippen LogP contribution in [0.4, 0.5) is 0 Å². The minimum absolute atomic E-state index is 0.385. The number of unbranched alkanes of at least 4 members (excludes halogenated alkanes) is 16. The zero-order valence-corrected chi connectivity index (χ0v) is 21.5. The highest BCUT2D eigenvalue weighted by molar-refractivity contribution is 6.66. The molecular weight excluding hydrogens is 394 g/mol. The van der Waals surface area contributed by atoms with Crippen molar-refractivity contribution in [2.45, 2.75) is 128 Å². The van der Waals surface area contributed by atoms with E-state index >= 15 is 0 Å². The molecule has 0 radical (unpaired) electrons. The maximum absolute atomic E-state index is 11.8. The molecule has 0 saturated heterocycles. The van der Waals surface area contributed by atoms with Gasteiger partial charge in [-0.15, -0.1) is 0 Å². The lowest BCUT2D eigenvalue weighted by atomic mass is 10.0. The Balaban J connectivity index is 3.56. The predicted molar refractivity (Wildman–Crippen MR) is 129 cm³/mol. The number of hydrogen-bond donors (Lipinski definition) is 1. The van der Waals surface area contributed by atoms with Gasteiger partial charge in [-0.25, -0.2) is 0 Å². The molecule has 1 unspecified atom stereocenters. The number of nitrogens with two attached hydrogens (primary N) is 1. The highest BCUT2D eigenvalue weighted by atomic mass is 28.4. The third kappa shape index (κ3) is 13.8. The van der Waals surface area contributed by atoms with E-state index in [1.54, 1.807) is 0 Å². The van der Waals surface area contributed by atoms with Gasteiger partial charge in [0.2, 0.25) is 5.91 Å². The molecule has 0 rings (SSSR count). The second kappa shape index (κ2) is 20.5. The van der Waals surface area contributed by atoms with Crippen molar-refractivity contribution in [2.75, 3.05) is 21.3 Å². The van der Waals surface area contributed by atoms with Crippen LogP contribution < -0.4 is 5.73 Å². The summed E-state index contributed by atoms with van der Waals surface area (Å²) in [6.45, 7) is 2.28. The summed E-state index contributed by atoms with van der Waals surface area (Å²) in [5.74, 6) is -0.385. The molecule has 0 aliphatic carbocycles. The molecule has 0 aliphatic heterocycles. The van der Waals surface area contributed by atoms with Gasteiger partial charge in [0.1, 0.15) is 5.54 Å². The van der Waals surface area contributed by atoms with Crippen molar-refractivity contribution >= 4 is 14.7 Å². The Kier molecular flexibility index (Phi) is 20.2. The monoisotopic (exact) mass is 445 g/mol. The molecule has 0 aromatic heterocycles. The quantitative estimate of drug-likeness (QED) is 0.139. The molecule has 0 aromatic carbocycles. The fraction of sp³-hybridized carbons (Fsp3) is 0.958. The summed E-state index contributed by atoms with van der Waals surface area (Å²) < 4.78 is 16.3. The molecule has 1 amide bonds. The second-order valence-corrected chi connectivity index (χ2v) is 11.7. The lowest BCUT2D eigenvalue weighted by molar-refractivity contribution is -0.119. The predicted octanol–water partition coefficient (Wildman–Crippen LogP) is 6.76. The molecule has 0 saturated carbocycles. The van der Waals surface area contributed by atoms with E-state index in [0.29, 0.717) is 6.42 Å². The zero-order valence-electron chi connectivity index (χ0n) is 20.5. The molecule has 5 nitrogen and oxygen atoms in total. The Morgan fingerprint density at radius 1 is 0.633 bits per heavy atom. The van der Waals surface area contributed by atoms with Crippen LogP contribution in [0.1, 0.15) is 122 Å². The van der Waals surface area contributed by atoms with E-state index in [-0.39, 0.29) is 5.91 Å². The topological polar surface area (TPSA) is 70.8 Å². The van der Waals surface area contributed by atoms with Crippen LogP contribution in [-0.2, 0) is 18.1 Å². The highest BCUT2D eigenvalue weighted by Gasteiger charge is 2.50. The number of rotatable bonds is 23. The van der Waals surface area contributed by atoms with E-state index in [1.807, 2.05) is 0 Å². The Bertz CT molecular complexity index is 383. The lowest BCUT2D eigenvalue weighted by Crippen LogP contribution is -2.52. The van der Waals surface area contributed by atoms with Crippen LogP contribution in [0, 0.1) is 0 Å². The van der Waals surface area contributed by atoms with Crippen molar-refractivity contribution in [1.82, 2.24) is 0 Å². The molecule has 2 N–H and O–H groups in total. The Morgan fingerprint density at radius 3 is 1.20 bits per heavy atom. The van der Waals surface area contributed by atoms with Gasteiger partial charge < -0.3 is 19.0 Å². The molecule has 30 heavy (non-hydrogen) atoms. The average Bonchev–Trinajstić information content (AvgIpc) is 2.75. The molecular formula is C24H51NO4Si. The van der Waals surface area contributed by atoms with Crippen LogP contribution >= 0.6 is 0 Å². The number of amides is 1. The summed E-state index contributed by atoms with van der Waals surface area (Å²) >= 11 is 0. The van der Waals surface area contributed by atoms with Gasteiger partial charge >= 0.3 is 8.80 Å². The molecule has 0 bridgehead atoms. The maximum atomic E-state index is 11.8. The van der Waals surface area contributed by atoms with Gasteiger partial charge in [0.05, 0.1) is 0 Å². The Hall–Kier alpha value is -0.433. The fourth-order valence-electron chi connectivity index (χ4n) is 4.24. The first-order chi connectivity index (χ1) is 14.6. The van der Waals surface area contributed by atoms with Gasteiger partial charge in [-0.2, -0.15) is 0 Å². The largest absolute Gasteiger partial charge is 0.513 e. The summed E-state index contributed by atoms with van der Waals surface area (Å²) in [5, 5.41) is 0. The van der Waals surface area contributed by atoms with Crippen LogP contribution in [0.3, 0.4) is 0 Å². The van der Waals surface area contributed by atoms with Crippen LogP contribution in [-0.4, -0.2) is 36.0 Å². The number of carbonyl (C=O) groups is 1. The molecule has 0 aliphatic rings. The summed E-state index contributed by atoms with van der Waals surface area (Å²) in [4.78, 5) is 11.8. The van der Waals surface area contributed by atoms with Crippen molar-refractivity contribution in [1.29, 1.82) is 0 Å². The first-order valence-electron chi connectivity index (χ1n) is 12.5. The van der Waals surface area contributed by atoms with Gasteiger partial charge in [-0.3, -0.25) is 4.79 Å². The summed E-state index contributed by atoms with van der Waals surface area (Å²) in [7, 11) is 1.60. The van der Waals surface area contributed by atoms with Gasteiger partial charge in [0.15, 0.2) is 0 Å². The number of primary amides is 1. The number of hydrogen-bond acceptors (Lipinski definition) is 4. The molecule has 1 atom stereocenters. The minimum atomic E-state index is -3.00. The van der Waals surface area contributed by atoms with E-state index in [0.717, 1.165) is 12.8 Å². The van der Waals surface area contributed by atoms with Crippen molar-refractivity contribution in [2.24, 2.45) is 5.73 Å². The molecule has 180 valence electrons. The minimum Gasteiger partial charge on any atom is -0.376 e. The summed E-state index contributed by atoms with van der Waals surface area (Å²) in [6, 6.07) is 0. The van der Waals surface area contributed by atoms with E-state index in [2.05, 4.69) is 6.92 Å². The van der Waals surface area contributed by atoms with Crippen molar-refractivity contribution in [3.05, 3.63) is 0 Å². The van der Waals surface area contributed by atoms with Crippen LogP contribution in [0.15, 0.2) is 0 Å². The Labute approximate surface area is 188 Å². The van der Waals surface area contributed by atoms with Gasteiger partial charge in [0, 0.05) is 21.3 Å². The van der Waals surface area contributed by atoms with E-state index in [4.69, 9.17) is 19.0 Å². The van der Waals surface area contributed by atoms with Gasteiger partial charge in [-0.1, -0.05) is 116 Å². The van der Waals surface area contributed by atoms with Crippen LogP contribution in [0.2, 0.25) is 5.54 Å². The van der Waals surface area contributed by atoms with Crippen molar-refractivity contribution < 1.29 is 18.1 Å². The first-order valence-corrected chi connectivity index (χ1v) is 14.3. The third-order valence-electron chi connectivity index (χ3n) is 6.22. The van der Waals surface area contributed by atoms with Crippen LogP contribution in [0.5, 0.6) is 0 Å². The smallest absolute Gasteiger partial charge is 0.376 e. The molecule has 0 spiro atoms. The zero-order chi connectivity index (χ0) is 22.5. The summed E-state index contributed by atoms with van der Waals surface area (Å²) in [5.41, 5.74) is 5.11. The fourth-order valence-corrected chi connectivity index (χ4v) is 6.50. The molecule has 0 heterocycles. The van der Waals surface area contributed by atoms with E-state index in [1.165, 1.54) is 118 Å². The lowest BCUT2D eigenvalue weighted by Gasteiger charge is -2.30. The molecule has 6 heteroatoms. The average molecular weight is 446 g/mol. The Morgan fingerprint density at radius 2 is 0.933 bits per heavy atom. The van der Waals surface area contributed by atoms with Crippen LogP contribution in [0.25, 0.3) is 0 Å². The maximum Gasteiger partial charge on any atom is 0.513 e. The van der Waals surface area contributed by atoms with Gasteiger partial charge in [0.25, 0.3) is 0 Å². The van der Waals surface area contributed by atoms with Gasteiger partial charge in [-0.05, 0) is 6.42 Å². The molecule has 0 fully saturated rings. The van der Waals surface area contributed by atoms with E-state index in [9.17, 15) is 4.79 Å². The third-order valence-corrected chi connectivity index (χ3v) is 9.35. The van der Waals surface area contributed by atoms with Crippen molar-refractivity contribution in [3.63, 3.8) is 0 Å². The van der Waals surface area contributed by atoms with Crippen molar-refractivity contribution in [3.8, 4) is 0 Å². The normalized spacial score (nSPS) is 12.9. The second-order valence-electron chi connectivity index (χ2n) is 8.62.